The highest BCUT2D eigenvalue weighted by Crippen LogP contribution is 2.21. The third-order valence-electron chi connectivity index (χ3n) is 3.85. The molecule has 23 heavy (non-hydrogen) atoms. The van der Waals surface area contributed by atoms with Crippen molar-refractivity contribution < 1.29 is 0 Å². The Labute approximate surface area is 138 Å². The fourth-order valence-corrected chi connectivity index (χ4v) is 3.39. The molecule has 0 atom stereocenters. The zero-order chi connectivity index (χ0) is 15.6. The standard InChI is InChI=1S/C15H17N7S/c1-12-17-15(23-19-12)21-10-8-20(9-11-21)13-4-2-5-14(18-13)22-7-3-6-16-22/h2-7H,8-11H2,1H3. The molecule has 0 saturated carbocycles. The second-order valence-electron chi connectivity index (χ2n) is 5.40. The van der Waals surface area contributed by atoms with Gasteiger partial charge in [-0.15, -0.1) is 0 Å². The maximum Gasteiger partial charge on any atom is 0.205 e. The molecule has 0 N–H and O–H groups in total. The Morgan fingerprint density at radius 2 is 1.74 bits per heavy atom. The number of hydrogen-bond acceptors (Lipinski definition) is 7. The first-order chi connectivity index (χ1) is 11.3. The van der Waals surface area contributed by atoms with Gasteiger partial charge in [0.2, 0.25) is 5.13 Å². The summed E-state index contributed by atoms with van der Waals surface area (Å²) in [6.45, 7) is 5.65. The van der Waals surface area contributed by atoms with Crippen LogP contribution in [0.1, 0.15) is 5.82 Å². The van der Waals surface area contributed by atoms with Crippen molar-refractivity contribution in [2.75, 3.05) is 36.0 Å². The van der Waals surface area contributed by atoms with Crippen LogP contribution in [0.2, 0.25) is 0 Å². The van der Waals surface area contributed by atoms with Crippen LogP contribution in [-0.2, 0) is 0 Å². The zero-order valence-electron chi connectivity index (χ0n) is 12.8. The first kappa shape index (κ1) is 14.1. The highest BCUT2D eigenvalue weighted by molar-refractivity contribution is 7.09. The van der Waals surface area contributed by atoms with Gasteiger partial charge in [0.1, 0.15) is 11.6 Å². The van der Waals surface area contributed by atoms with Gasteiger partial charge in [-0.2, -0.15) is 9.47 Å². The van der Waals surface area contributed by atoms with E-state index in [-0.39, 0.29) is 0 Å². The Morgan fingerprint density at radius 1 is 0.957 bits per heavy atom. The van der Waals surface area contributed by atoms with E-state index in [1.807, 2.05) is 31.3 Å². The van der Waals surface area contributed by atoms with Crippen molar-refractivity contribution in [3.8, 4) is 5.82 Å². The Morgan fingerprint density at radius 3 is 2.43 bits per heavy atom. The number of nitrogens with zero attached hydrogens (tertiary/aromatic N) is 7. The molecular formula is C15H17N7S. The van der Waals surface area contributed by atoms with Gasteiger partial charge in [0.25, 0.3) is 0 Å². The molecule has 4 rings (SSSR count). The van der Waals surface area contributed by atoms with Gasteiger partial charge < -0.3 is 9.80 Å². The lowest BCUT2D eigenvalue weighted by molar-refractivity contribution is 0.644. The fourth-order valence-electron chi connectivity index (χ4n) is 2.66. The smallest absolute Gasteiger partial charge is 0.205 e. The molecule has 0 amide bonds. The maximum atomic E-state index is 4.72. The monoisotopic (exact) mass is 327 g/mol. The lowest BCUT2D eigenvalue weighted by Crippen LogP contribution is -2.46. The average molecular weight is 327 g/mol. The second-order valence-corrected chi connectivity index (χ2v) is 6.13. The van der Waals surface area contributed by atoms with E-state index in [1.54, 1.807) is 10.9 Å². The van der Waals surface area contributed by atoms with Gasteiger partial charge in [-0.05, 0) is 25.1 Å². The molecule has 3 aromatic heterocycles. The lowest BCUT2D eigenvalue weighted by atomic mass is 10.3. The van der Waals surface area contributed by atoms with E-state index in [0.29, 0.717) is 0 Å². The summed E-state index contributed by atoms with van der Waals surface area (Å²) in [5.74, 6) is 2.68. The van der Waals surface area contributed by atoms with Crippen LogP contribution in [-0.4, -0.2) is 50.3 Å². The van der Waals surface area contributed by atoms with Crippen LogP contribution >= 0.6 is 11.5 Å². The highest BCUT2D eigenvalue weighted by Gasteiger charge is 2.20. The van der Waals surface area contributed by atoms with E-state index in [4.69, 9.17) is 4.98 Å². The molecule has 1 fully saturated rings. The van der Waals surface area contributed by atoms with Gasteiger partial charge in [0.05, 0.1) is 0 Å². The summed E-state index contributed by atoms with van der Waals surface area (Å²) >= 11 is 1.47. The van der Waals surface area contributed by atoms with Gasteiger partial charge >= 0.3 is 0 Å². The number of piperazine rings is 1. The minimum atomic E-state index is 0.842. The SMILES string of the molecule is Cc1nsc(N2CCN(c3cccc(-n4cccn4)n3)CC2)n1. The van der Waals surface area contributed by atoms with Gasteiger partial charge in [-0.1, -0.05) is 6.07 Å². The van der Waals surface area contributed by atoms with Crippen LogP contribution in [0.5, 0.6) is 0 Å². The number of aryl methyl sites for hydroxylation is 1. The molecule has 0 unspecified atom stereocenters. The predicted octanol–water partition coefficient (Wildman–Crippen LogP) is 1.75. The first-order valence-corrected chi connectivity index (χ1v) is 8.34. The Kier molecular flexibility index (Phi) is 3.66. The quantitative estimate of drug-likeness (QED) is 0.730. The summed E-state index contributed by atoms with van der Waals surface area (Å²) in [5, 5.41) is 5.25. The predicted molar refractivity (Wildman–Crippen MR) is 90.4 cm³/mol. The van der Waals surface area contributed by atoms with Crippen LogP contribution in [0.15, 0.2) is 36.7 Å². The lowest BCUT2D eigenvalue weighted by Gasteiger charge is -2.35. The summed E-state index contributed by atoms with van der Waals surface area (Å²) in [5.41, 5.74) is 0. The maximum absolute atomic E-state index is 4.72. The molecule has 0 spiro atoms. The van der Waals surface area contributed by atoms with E-state index in [2.05, 4.69) is 30.3 Å². The average Bonchev–Trinajstić information content (AvgIpc) is 3.27. The van der Waals surface area contributed by atoms with Crippen LogP contribution in [0.3, 0.4) is 0 Å². The Bertz CT molecular complexity index is 775. The molecule has 1 aliphatic heterocycles. The largest absolute Gasteiger partial charge is 0.353 e. The summed E-state index contributed by atoms with van der Waals surface area (Å²) in [7, 11) is 0. The van der Waals surface area contributed by atoms with E-state index in [0.717, 1.165) is 48.8 Å². The van der Waals surface area contributed by atoms with Gasteiger partial charge in [-0.3, -0.25) is 0 Å². The molecule has 0 aromatic carbocycles. The van der Waals surface area contributed by atoms with Crippen LogP contribution in [0, 0.1) is 6.92 Å². The number of anilines is 2. The van der Waals surface area contributed by atoms with Crippen molar-refractivity contribution >= 4 is 22.5 Å². The van der Waals surface area contributed by atoms with Crippen molar-refractivity contribution in [2.45, 2.75) is 6.92 Å². The molecular weight excluding hydrogens is 310 g/mol. The van der Waals surface area contributed by atoms with Crippen molar-refractivity contribution in [1.82, 2.24) is 24.1 Å². The molecule has 8 heteroatoms. The second kappa shape index (κ2) is 5.96. The van der Waals surface area contributed by atoms with E-state index >= 15 is 0 Å². The van der Waals surface area contributed by atoms with Crippen LogP contribution < -0.4 is 9.80 Å². The Hall–Kier alpha value is -2.48. The molecule has 4 heterocycles. The molecule has 3 aromatic rings. The minimum Gasteiger partial charge on any atom is -0.353 e. The number of pyridine rings is 1. The van der Waals surface area contributed by atoms with E-state index in [1.165, 1.54) is 11.5 Å². The third-order valence-corrected chi connectivity index (χ3v) is 4.72. The fraction of sp³-hybridized carbons (Fsp3) is 0.333. The summed E-state index contributed by atoms with van der Waals surface area (Å²) in [4.78, 5) is 13.8. The van der Waals surface area contributed by atoms with Gasteiger partial charge in [0.15, 0.2) is 5.82 Å². The molecule has 7 nitrogen and oxygen atoms in total. The zero-order valence-corrected chi connectivity index (χ0v) is 13.6. The number of aromatic nitrogens is 5. The third kappa shape index (κ3) is 2.89. The van der Waals surface area contributed by atoms with Gasteiger partial charge in [0, 0.05) is 50.1 Å². The normalized spacial score (nSPS) is 15.2. The number of rotatable bonds is 3. The van der Waals surface area contributed by atoms with Crippen molar-refractivity contribution in [1.29, 1.82) is 0 Å². The minimum absolute atomic E-state index is 0.842. The molecule has 118 valence electrons. The van der Waals surface area contributed by atoms with Crippen molar-refractivity contribution in [3.63, 3.8) is 0 Å². The van der Waals surface area contributed by atoms with Gasteiger partial charge in [-0.25, -0.2) is 14.6 Å². The van der Waals surface area contributed by atoms with Crippen molar-refractivity contribution in [3.05, 3.63) is 42.5 Å². The Balaban J connectivity index is 1.47. The van der Waals surface area contributed by atoms with Crippen LogP contribution in [0.4, 0.5) is 10.9 Å². The number of hydrogen-bond donors (Lipinski definition) is 0. The summed E-state index contributed by atoms with van der Waals surface area (Å²) in [6.07, 6.45) is 3.67. The highest BCUT2D eigenvalue weighted by atomic mass is 32.1. The summed E-state index contributed by atoms with van der Waals surface area (Å²) < 4.78 is 6.04. The van der Waals surface area contributed by atoms with E-state index < -0.39 is 0 Å². The molecule has 0 bridgehead atoms. The molecule has 0 radical (unpaired) electrons. The topological polar surface area (TPSA) is 63.0 Å². The van der Waals surface area contributed by atoms with Crippen LogP contribution in [0.25, 0.3) is 5.82 Å². The van der Waals surface area contributed by atoms with E-state index in [9.17, 15) is 0 Å². The first-order valence-electron chi connectivity index (χ1n) is 7.57. The molecule has 1 aliphatic rings. The molecule has 1 saturated heterocycles. The summed E-state index contributed by atoms with van der Waals surface area (Å²) in [6, 6.07) is 7.95. The van der Waals surface area contributed by atoms with Crippen molar-refractivity contribution in [2.24, 2.45) is 0 Å². The molecule has 0 aliphatic carbocycles.